The minimum absolute atomic E-state index is 0.295. The van der Waals surface area contributed by atoms with Crippen LogP contribution in [0, 0.1) is 17.3 Å². The van der Waals surface area contributed by atoms with E-state index in [2.05, 4.69) is 46.5 Å². The Morgan fingerprint density at radius 3 is 2.90 bits per heavy atom. The third-order valence-electron chi connectivity index (χ3n) is 4.78. The molecule has 0 bridgehead atoms. The molecule has 21 heavy (non-hydrogen) atoms. The van der Waals surface area contributed by atoms with E-state index in [4.69, 9.17) is 4.74 Å². The largest absolute Gasteiger partial charge is 0.377 e. The molecule has 0 amide bonds. The summed E-state index contributed by atoms with van der Waals surface area (Å²) in [6, 6.07) is 2.18. The van der Waals surface area contributed by atoms with E-state index in [-0.39, 0.29) is 0 Å². The molecule has 2 heterocycles. The van der Waals surface area contributed by atoms with E-state index in [0.29, 0.717) is 17.4 Å². The minimum atomic E-state index is 0.295. The highest BCUT2D eigenvalue weighted by atomic mass is 79.9. The van der Waals surface area contributed by atoms with Gasteiger partial charge in [0.05, 0.1) is 6.10 Å². The quantitative estimate of drug-likeness (QED) is 0.762. The van der Waals surface area contributed by atoms with E-state index in [1.807, 2.05) is 11.3 Å². The molecule has 1 aliphatic carbocycles. The van der Waals surface area contributed by atoms with Gasteiger partial charge in [-0.2, -0.15) is 0 Å². The second kappa shape index (κ2) is 6.69. The second-order valence-corrected chi connectivity index (χ2v) is 8.99. The zero-order valence-corrected chi connectivity index (χ0v) is 15.4. The summed E-state index contributed by atoms with van der Waals surface area (Å²) in [5.41, 5.74) is 0.295. The average Bonchev–Trinajstić information content (AvgIpc) is 3.08. The Bertz CT molecular complexity index is 471. The zero-order chi connectivity index (χ0) is 14.9. The highest BCUT2D eigenvalue weighted by Gasteiger charge is 2.50. The van der Waals surface area contributed by atoms with Crippen molar-refractivity contribution in [3.05, 3.63) is 20.8 Å². The van der Waals surface area contributed by atoms with Crippen LogP contribution in [-0.2, 0) is 11.2 Å². The van der Waals surface area contributed by atoms with Crippen LogP contribution in [0.2, 0.25) is 0 Å². The van der Waals surface area contributed by atoms with Crippen LogP contribution in [0.15, 0.2) is 15.9 Å². The van der Waals surface area contributed by atoms with Gasteiger partial charge in [-0.3, -0.25) is 0 Å². The monoisotopic (exact) mass is 371 g/mol. The van der Waals surface area contributed by atoms with Crippen molar-refractivity contribution in [1.82, 2.24) is 5.32 Å². The SMILES string of the molecule is CC(C)CNCC1(Cc2sccc2Br)CCOC1C1CC1. The maximum absolute atomic E-state index is 6.19. The first-order valence-electron chi connectivity index (χ1n) is 8.15. The van der Waals surface area contributed by atoms with Crippen molar-refractivity contribution in [3.8, 4) is 0 Å². The lowest BCUT2D eigenvalue weighted by molar-refractivity contribution is 0.0307. The third kappa shape index (κ3) is 3.72. The van der Waals surface area contributed by atoms with Crippen LogP contribution in [0.5, 0.6) is 0 Å². The van der Waals surface area contributed by atoms with Crippen LogP contribution < -0.4 is 5.32 Å². The number of rotatable bonds is 7. The van der Waals surface area contributed by atoms with Gasteiger partial charge in [-0.15, -0.1) is 11.3 Å². The van der Waals surface area contributed by atoms with Crippen LogP contribution in [0.25, 0.3) is 0 Å². The first kappa shape index (κ1) is 16.0. The normalized spacial score (nSPS) is 29.4. The van der Waals surface area contributed by atoms with Crippen molar-refractivity contribution in [1.29, 1.82) is 0 Å². The van der Waals surface area contributed by atoms with E-state index in [1.54, 1.807) is 0 Å². The van der Waals surface area contributed by atoms with Crippen molar-refractivity contribution in [2.45, 2.75) is 45.6 Å². The van der Waals surface area contributed by atoms with Gasteiger partial charge in [-0.05, 0) is 71.4 Å². The fourth-order valence-corrected chi connectivity index (χ4v) is 5.21. The molecule has 0 radical (unpaired) electrons. The summed E-state index contributed by atoms with van der Waals surface area (Å²) in [5.74, 6) is 1.52. The zero-order valence-electron chi connectivity index (χ0n) is 13.0. The van der Waals surface area contributed by atoms with Gasteiger partial charge in [0.25, 0.3) is 0 Å². The first-order valence-corrected chi connectivity index (χ1v) is 9.82. The van der Waals surface area contributed by atoms with Gasteiger partial charge in [0, 0.05) is 27.9 Å². The average molecular weight is 372 g/mol. The molecule has 2 aliphatic rings. The Kier molecular flexibility index (Phi) is 5.09. The molecule has 4 heteroatoms. The lowest BCUT2D eigenvalue weighted by Gasteiger charge is -2.35. The number of hydrogen-bond donors (Lipinski definition) is 1. The van der Waals surface area contributed by atoms with E-state index < -0.39 is 0 Å². The number of ether oxygens (including phenoxy) is 1. The highest BCUT2D eigenvalue weighted by Crippen LogP contribution is 2.50. The van der Waals surface area contributed by atoms with E-state index in [9.17, 15) is 0 Å². The van der Waals surface area contributed by atoms with E-state index >= 15 is 0 Å². The Balaban J connectivity index is 1.75. The number of thiophene rings is 1. The fraction of sp³-hybridized carbons (Fsp3) is 0.765. The van der Waals surface area contributed by atoms with Crippen molar-refractivity contribution >= 4 is 27.3 Å². The third-order valence-corrected chi connectivity index (χ3v) is 6.71. The summed E-state index contributed by atoms with van der Waals surface area (Å²) in [7, 11) is 0. The van der Waals surface area contributed by atoms with Gasteiger partial charge in [-0.1, -0.05) is 13.8 Å². The second-order valence-electron chi connectivity index (χ2n) is 7.13. The molecule has 2 unspecified atom stereocenters. The number of hydrogen-bond acceptors (Lipinski definition) is 3. The van der Waals surface area contributed by atoms with Crippen LogP contribution >= 0.6 is 27.3 Å². The molecule has 3 rings (SSSR count). The van der Waals surface area contributed by atoms with Crippen molar-refractivity contribution < 1.29 is 4.74 Å². The topological polar surface area (TPSA) is 21.3 Å². The van der Waals surface area contributed by atoms with Crippen LogP contribution in [0.3, 0.4) is 0 Å². The highest BCUT2D eigenvalue weighted by molar-refractivity contribution is 9.10. The summed E-state index contributed by atoms with van der Waals surface area (Å²) < 4.78 is 7.46. The van der Waals surface area contributed by atoms with Crippen LogP contribution in [0.4, 0.5) is 0 Å². The molecular formula is C17H26BrNOS. The molecule has 1 saturated heterocycles. The molecule has 2 nitrogen and oxygen atoms in total. The predicted molar refractivity (Wildman–Crippen MR) is 92.9 cm³/mol. The summed E-state index contributed by atoms with van der Waals surface area (Å²) in [4.78, 5) is 1.48. The van der Waals surface area contributed by atoms with Crippen LogP contribution in [-0.4, -0.2) is 25.8 Å². The molecule has 1 saturated carbocycles. The van der Waals surface area contributed by atoms with E-state index in [0.717, 1.165) is 32.0 Å². The van der Waals surface area contributed by atoms with Gasteiger partial charge < -0.3 is 10.1 Å². The predicted octanol–water partition coefficient (Wildman–Crippen LogP) is 4.48. The lowest BCUT2D eigenvalue weighted by Crippen LogP contribution is -2.44. The summed E-state index contributed by atoms with van der Waals surface area (Å²) in [6.45, 7) is 7.69. The number of nitrogens with one attached hydrogen (secondary N) is 1. The molecule has 118 valence electrons. The van der Waals surface area contributed by atoms with Gasteiger partial charge in [0.1, 0.15) is 0 Å². The van der Waals surface area contributed by atoms with Crippen LogP contribution in [0.1, 0.15) is 38.0 Å². The molecule has 1 aromatic rings. The van der Waals surface area contributed by atoms with Crippen molar-refractivity contribution in [2.24, 2.45) is 17.3 Å². The maximum Gasteiger partial charge on any atom is 0.0675 e. The Morgan fingerprint density at radius 1 is 1.48 bits per heavy atom. The summed E-state index contributed by atoms with van der Waals surface area (Å²) >= 11 is 5.59. The molecule has 1 aromatic heterocycles. The van der Waals surface area contributed by atoms with Gasteiger partial charge in [-0.25, -0.2) is 0 Å². The molecule has 1 aliphatic heterocycles. The molecule has 2 atom stereocenters. The lowest BCUT2D eigenvalue weighted by atomic mass is 9.75. The molecule has 2 fully saturated rings. The molecule has 1 N–H and O–H groups in total. The van der Waals surface area contributed by atoms with Crippen molar-refractivity contribution in [3.63, 3.8) is 0 Å². The Morgan fingerprint density at radius 2 is 2.29 bits per heavy atom. The van der Waals surface area contributed by atoms with Gasteiger partial charge in [0.15, 0.2) is 0 Å². The Hall–Kier alpha value is 0.1000. The van der Waals surface area contributed by atoms with Gasteiger partial charge >= 0.3 is 0 Å². The summed E-state index contributed by atoms with van der Waals surface area (Å²) in [6.07, 6.45) is 5.54. The summed E-state index contributed by atoms with van der Waals surface area (Å²) in [5, 5.41) is 5.91. The standard InChI is InChI=1S/C17H26BrNOS/c1-12(2)10-19-11-17(9-15-14(18)5-8-21-15)6-7-20-16(17)13-3-4-13/h5,8,12-13,16,19H,3-4,6-7,9-11H2,1-2H3. The Labute approximate surface area is 140 Å². The molecule has 0 spiro atoms. The minimum Gasteiger partial charge on any atom is -0.377 e. The van der Waals surface area contributed by atoms with Gasteiger partial charge in [0.2, 0.25) is 0 Å². The molecule has 0 aromatic carbocycles. The van der Waals surface area contributed by atoms with E-state index in [1.165, 1.54) is 28.6 Å². The number of halogens is 1. The maximum atomic E-state index is 6.19. The van der Waals surface area contributed by atoms with Crippen molar-refractivity contribution in [2.75, 3.05) is 19.7 Å². The fourth-order valence-electron chi connectivity index (χ4n) is 3.56. The molecular weight excluding hydrogens is 346 g/mol. The smallest absolute Gasteiger partial charge is 0.0675 e. The first-order chi connectivity index (χ1) is 10.1.